The van der Waals surface area contributed by atoms with Crippen molar-refractivity contribution >= 4 is 29.2 Å². The molecule has 3 rings (SSSR count). The number of urea groups is 1. The van der Waals surface area contributed by atoms with Gasteiger partial charge in [0, 0.05) is 25.1 Å². The molecule has 0 radical (unpaired) electrons. The maximum absolute atomic E-state index is 12.2. The second-order valence-corrected chi connectivity index (χ2v) is 6.51. The van der Waals surface area contributed by atoms with Crippen LogP contribution in [-0.4, -0.2) is 20.8 Å². The summed E-state index contributed by atoms with van der Waals surface area (Å²) in [6, 6.07) is 10.3. The van der Waals surface area contributed by atoms with Gasteiger partial charge in [0.25, 0.3) is 0 Å². The zero-order chi connectivity index (χ0) is 18.5. The smallest absolute Gasteiger partial charge is 0.315 e. The topological polar surface area (TPSA) is 71.8 Å². The van der Waals surface area contributed by atoms with Gasteiger partial charge in [0.2, 0.25) is 0 Å². The van der Waals surface area contributed by atoms with E-state index >= 15 is 0 Å². The zero-order valence-corrected chi connectivity index (χ0v) is 15.5. The van der Waals surface area contributed by atoms with Crippen LogP contribution in [0.3, 0.4) is 0 Å². The molecule has 1 unspecified atom stereocenters. The summed E-state index contributed by atoms with van der Waals surface area (Å²) in [5.41, 5.74) is 1.79. The molecular weight excluding hydrogens is 373 g/mol. The van der Waals surface area contributed by atoms with E-state index in [1.54, 1.807) is 29.2 Å². The van der Waals surface area contributed by atoms with Gasteiger partial charge in [-0.1, -0.05) is 29.3 Å². The number of halogens is 2. The summed E-state index contributed by atoms with van der Waals surface area (Å²) in [6.07, 6.45) is 5.18. The van der Waals surface area contributed by atoms with Gasteiger partial charge in [0.1, 0.15) is 0 Å². The molecule has 1 aromatic carbocycles. The Balaban J connectivity index is 1.57. The van der Waals surface area contributed by atoms with Crippen LogP contribution < -0.4 is 10.6 Å². The maximum atomic E-state index is 12.2. The summed E-state index contributed by atoms with van der Waals surface area (Å²) < 4.78 is 1.66. The van der Waals surface area contributed by atoms with Crippen molar-refractivity contribution in [2.45, 2.75) is 19.5 Å². The number of amides is 2. The number of aromatic nitrogens is 3. The monoisotopic (exact) mass is 389 g/mol. The van der Waals surface area contributed by atoms with Crippen LogP contribution in [0, 0.1) is 0 Å². The zero-order valence-electron chi connectivity index (χ0n) is 14.0. The van der Waals surface area contributed by atoms with E-state index in [1.165, 1.54) is 0 Å². The molecule has 0 spiro atoms. The molecule has 0 saturated carbocycles. The molecule has 26 heavy (non-hydrogen) atoms. The molecular formula is C18H17Cl2N5O. The molecule has 0 aliphatic heterocycles. The Hall–Kier alpha value is -2.57. The van der Waals surface area contributed by atoms with Gasteiger partial charge < -0.3 is 10.6 Å². The summed E-state index contributed by atoms with van der Waals surface area (Å²) >= 11 is 11.9. The molecule has 0 saturated heterocycles. The lowest BCUT2D eigenvalue weighted by molar-refractivity contribution is 0.237. The van der Waals surface area contributed by atoms with E-state index in [4.69, 9.17) is 23.2 Å². The van der Waals surface area contributed by atoms with E-state index in [0.29, 0.717) is 22.4 Å². The van der Waals surface area contributed by atoms with Crippen LogP contribution >= 0.6 is 23.2 Å². The Bertz CT molecular complexity index is 898. The minimum Gasteiger partial charge on any atom is -0.334 e. The molecule has 0 bridgehead atoms. The molecule has 2 N–H and O–H groups in total. The molecule has 0 aliphatic carbocycles. The van der Waals surface area contributed by atoms with Crippen LogP contribution in [0.5, 0.6) is 0 Å². The summed E-state index contributed by atoms with van der Waals surface area (Å²) in [5.74, 6) is 0.693. The van der Waals surface area contributed by atoms with E-state index in [2.05, 4.69) is 20.7 Å². The minimum absolute atomic E-state index is 0.207. The van der Waals surface area contributed by atoms with E-state index in [0.717, 1.165) is 11.1 Å². The van der Waals surface area contributed by atoms with Crippen molar-refractivity contribution in [1.82, 2.24) is 25.4 Å². The van der Waals surface area contributed by atoms with Crippen molar-refractivity contribution in [2.24, 2.45) is 0 Å². The van der Waals surface area contributed by atoms with Crippen molar-refractivity contribution in [2.75, 3.05) is 0 Å². The van der Waals surface area contributed by atoms with Gasteiger partial charge >= 0.3 is 6.03 Å². The van der Waals surface area contributed by atoms with Crippen LogP contribution in [0.25, 0.3) is 5.82 Å². The van der Waals surface area contributed by atoms with Gasteiger partial charge in [-0.2, -0.15) is 5.10 Å². The first-order valence-electron chi connectivity index (χ1n) is 7.97. The Morgan fingerprint density at radius 1 is 1.19 bits per heavy atom. The third kappa shape index (κ3) is 4.53. The quantitative estimate of drug-likeness (QED) is 0.688. The predicted octanol–water partition coefficient (Wildman–Crippen LogP) is 4.13. The molecule has 3 aromatic rings. The van der Waals surface area contributed by atoms with Gasteiger partial charge in [0.15, 0.2) is 5.82 Å². The number of carbonyl (C=O) groups is 1. The normalized spacial score (nSPS) is 11.8. The summed E-state index contributed by atoms with van der Waals surface area (Å²) in [7, 11) is 0. The Morgan fingerprint density at radius 2 is 2.04 bits per heavy atom. The van der Waals surface area contributed by atoms with Gasteiger partial charge in [-0.3, -0.25) is 0 Å². The Morgan fingerprint density at radius 3 is 2.77 bits per heavy atom. The molecule has 134 valence electrons. The molecule has 1 atom stereocenters. The number of rotatable bonds is 5. The van der Waals surface area contributed by atoms with Crippen molar-refractivity contribution in [3.05, 3.63) is 76.2 Å². The van der Waals surface area contributed by atoms with Crippen molar-refractivity contribution in [3.63, 3.8) is 0 Å². The third-order valence-corrected chi connectivity index (χ3v) is 4.53. The Labute approximate surface area is 161 Å². The van der Waals surface area contributed by atoms with Gasteiger partial charge in [0.05, 0.1) is 16.1 Å². The summed E-state index contributed by atoms with van der Waals surface area (Å²) in [6.45, 7) is 2.25. The largest absolute Gasteiger partial charge is 0.334 e. The van der Waals surface area contributed by atoms with E-state index in [1.807, 2.05) is 37.4 Å². The van der Waals surface area contributed by atoms with Crippen LogP contribution in [0.1, 0.15) is 24.1 Å². The number of pyridine rings is 1. The Kier molecular flexibility index (Phi) is 5.75. The second kappa shape index (κ2) is 8.21. The van der Waals surface area contributed by atoms with Crippen LogP contribution in [-0.2, 0) is 6.54 Å². The lowest BCUT2D eigenvalue weighted by Gasteiger charge is -2.16. The fraction of sp³-hybridized carbons (Fsp3) is 0.167. The molecule has 0 aliphatic rings. The van der Waals surface area contributed by atoms with E-state index in [9.17, 15) is 4.79 Å². The number of nitrogens with zero attached hydrogens (tertiary/aromatic N) is 3. The van der Waals surface area contributed by atoms with Crippen LogP contribution in [0.15, 0.2) is 55.0 Å². The van der Waals surface area contributed by atoms with Gasteiger partial charge in [-0.25, -0.2) is 14.5 Å². The summed E-state index contributed by atoms with van der Waals surface area (Å²) in [4.78, 5) is 16.4. The molecule has 2 amide bonds. The maximum Gasteiger partial charge on any atom is 0.315 e. The van der Waals surface area contributed by atoms with Crippen LogP contribution in [0.2, 0.25) is 10.0 Å². The SMILES string of the molecule is CC(NC(=O)NCc1ccnc(-n2cccn2)c1)c1ccc(Cl)c(Cl)c1. The highest BCUT2D eigenvalue weighted by atomic mass is 35.5. The molecule has 6 nitrogen and oxygen atoms in total. The highest BCUT2D eigenvalue weighted by molar-refractivity contribution is 6.42. The second-order valence-electron chi connectivity index (χ2n) is 5.70. The average molecular weight is 390 g/mol. The van der Waals surface area contributed by atoms with Crippen LogP contribution in [0.4, 0.5) is 4.79 Å². The molecule has 2 aromatic heterocycles. The van der Waals surface area contributed by atoms with Crippen molar-refractivity contribution in [3.8, 4) is 5.82 Å². The predicted molar refractivity (Wildman–Crippen MR) is 102 cm³/mol. The first-order valence-corrected chi connectivity index (χ1v) is 8.73. The highest BCUT2D eigenvalue weighted by Gasteiger charge is 2.11. The number of nitrogens with one attached hydrogen (secondary N) is 2. The first kappa shape index (κ1) is 18.2. The number of hydrogen-bond acceptors (Lipinski definition) is 3. The minimum atomic E-state index is -0.277. The van der Waals surface area contributed by atoms with Crippen molar-refractivity contribution < 1.29 is 4.79 Å². The van der Waals surface area contributed by atoms with Crippen molar-refractivity contribution in [1.29, 1.82) is 0 Å². The molecule has 0 fully saturated rings. The third-order valence-electron chi connectivity index (χ3n) is 3.79. The number of benzene rings is 1. The number of hydrogen-bond donors (Lipinski definition) is 2. The molecule has 8 heteroatoms. The van der Waals surface area contributed by atoms with E-state index < -0.39 is 0 Å². The average Bonchev–Trinajstić information content (AvgIpc) is 3.17. The van der Waals surface area contributed by atoms with E-state index in [-0.39, 0.29) is 12.1 Å². The first-order chi connectivity index (χ1) is 12.5. The fourth-order valence-electron chi connectivity index (χ4n) is 2.40. The standard InChI is InChI=1S/C18H17Cl2N5O/c1-12(14-3-4-15(19)16(20)10-14)24-18(26)22-11-13-5-7-21-17(9-13)25-8-2-6-23-25/h2-10,12H,11H2,1H3,(H2,22,24,26). The lowest BCUT2D eigenvalue weighted by Crippen LogP contribution is -2.36. The lowest BCUT2D eigenvalue weighted by atomic mass is 10.1. The molecule has 2 heterocycles. The fourth-order valence-corrected chi connectivity index (χ4v) is 2.70. The summed E-state index contributed by atoms with van der Waals surface area (Å²) in [5, 5.41) is 10.8. The highest BCUT2D eigenvalue weighted by Crippen LogP contribution is 2.25. The van der Waals surface area contributed by atoms with Gasteiger partial charge in [-0.15, -0.1) is 0 Å². The number of carbonyl (C=O) groups excluding carboxylic acids is 1. The van der Waals surface area contributed by atoms with Gasteiger partial charge in [-0.05, 0) is 48.4 Å².